The predicted octanol–water partition coefficient (Wildman–Crippen LogP) is 10.4. The topological polar surface area (TPSA) is 131 Å². The first-order valence-corrected chi connectivity index (χ1v) is 24.4. The second-order valence-corrected chi connectivity index (χ2v) is 21.0. The molecule has 61 heavy (non-hydrogen) atoms. The van der Waals surface area contributed by atoms with E-state index in [1.807, 2.05) is 66.0 Å². The Bertz CT molecular complexity index is 2450. The molecule has 2 unspecified atom stereocenters. The molecule has 0 bridgehead atoms. The van der Waals surface area contributed by atoms with Crippen LogP contribution in [0.4, 0.5) is 5.13 Å². The number of ether oxygens (including phenoxy) is 2. The van der Waals surface area contributed by atoms with Gasteiger partial charge < -0.3 is 24.6 Å². The number of aromatic nitrogens is 2. The molecule has 0 radical (unpaired) electrons. The molecule has 6 atom stereocenters. The number of benzene rings is 3. The Morgan fingerprint density at radius 1 is 0.984 bits per heavy atom. The number of rotatable bonds is 11. The monoisotopic (exact) mass is 860 g/mol. The zero-order valence-corrected chi connectivity index (χ0v) is 37.3. The number of amides is 1. The molecule has 1 saturated heterocycles. The number of thiazole rings is 1. The van der Waals surface area contributed by atoms with Gasteiger partial charge in [0.05, 0.1) is 42.2 Å². The van der Waals surface area contributed by atoms with E-state index < -0.39 is 24.7 Å². The fourth-order valence-electron chi connectivity index (χ4n) is 9.31. The third-order valence-corrected chi connectivity index (χ3v) is 16.2. The standard InChI is InChI=1S/C49H57N4O6PS/c1-32(2)50-48-52-43(31-61-48)42-26-46(40-21-20-38(58-4)24-41(40)51-42)59-39-25-44-45(54)28-49(60(56,57)30-34-15-9-8-10-16-34)27-37(49)19-12-7-5-6-11-18-36(47(55)53(44)29-39)23-35-17-13-14-33(3)22-35/h8-10,12-17,19-22,24,26,31-32,36-37,39,44H,5-7,11,18,23,25,27-30H2,1-4H3,(H,50,52)(H,56,57)/b19-12-/t36?,37-,39-,44+,49-/m1/s1. The number of allylic oxidation sites excluding steroid dienone is 2. The van der Waals surface area contributed by atoms with Crippen LogP contribution in [0.3, 0.4) is 0 Å². The maximum Gasteiger partial charge on any atom is 0.226 e. The normalized spacial score (nSPS) is 24.9. The highest BCUT2D eigenvalue weighted by atomic mass is 32.1. The lowest BCUT2D eigenvalue weighted by Crippen LogP contribution is -2.45. The Morgan fingerprint density at radius 3 is 2.59 bits per heavy atom. The number of nitrogens with zero attached hydrogens (tertiary/aromatic N) is 3. The largest absolute Gasteiger partial charge is 0.497 e. The van der Waals surface area contributed by atoms with Gasteiger partial charge in [0.15, 0.2) is 10.9 Å². The van der Waals surface area contributed by atoms with Crippen LogP contribution in [-0.2, 0) is 26.7 Å². The van der Waals surface area contributed by atoms with Crippen molar-refractivity contribution in [3.63, 3.8) is 0 Å². The average Bonchev–Trinajstić information content (AvgIpc) is 3.51. The molecule has 5 aromatic rings. The maximum atomic E-state index is 15.1. The van der Waals surface area contributed by atoms with Crippen LogP contribution in [0.25, 0.3) is 22.3 Å². The molecule has 1 saturated carbocycles. The molecule has 8 rings (SSSR count). The van der Waals surface area contributed by atoms with Crippen LogP contribution in [0.15, 0.2) is 96.4 Å². The highest BCUT2D eigenvalue weighted by Crippen LogP contribution is 2.74. The SMILES string of the molecule is COc1ccc2c(O[C@@H]3C[C@H]4C(=O)C[C@]5(P(=O)(O)Cc6ccccc6)C[C@H]5/C=C\CCCCCC(Cc5cccc(C)c5)C(=O)N4C3)cc(-c3csc(NC(C)C)n3)nc2c1. The molecule has 2 N–H and O–H groups in total. The van der Waals surface area contributed by atoms with E-state index in [4.69, 9.17) is 19.4 Å². The second kappa shape index (κ2) is 18.3. The smallest absolute Gasteiger partial charge is 0.226 e. The van der Waals surface area contributed by atoms with E-state index in [0.29, 0.717) is 47.7 Å². The van der Waals surface area contributed by atoms with Crippen LogP contribution in [0, 0.1) is 18.8 Å². The first-order chi connectivity index (χ1) is 29.4. The number of hydrogen-bond acceptors (Lipinski definition) is 9. The van der Waals surface area contributed by atoms with Crippen LogP contribution in [0.2, 0.25) is 0 Å². The van der Waals surface area contributed by atoms with Crippen LogP contribution < -0.4 is 14.8 Å². The highest BCUT2D eigenvalue weighted by molar-refractivity contribution is 7.59. The molecule has 12 heteroatoms. The van der Waals surface area contributed by atoms with Gasteiger partial charge in [-0.15, -0.1) is 11.3 Å². The Labute approximate surface area is 363 Å². The Hall–Kier alpha value is -4.83. The van der Waals surface area contributed by atoms with Crippen LogP contribution >= 0.6 is 18.7 Å². The van der Waals surface area contributed by atoms with Gasteiger partial charge in [0, 0.05) is 47.7 Å². The van der Waals surface area contributed by atoms with Crippen molar-refractivity contribution in [2.45, 2.75) is 108 Å². The van der Waals surface area contributed by atoms with E-state index >= 15 is 4.79 Å². The minimum atomic E-state index is -3.89. The van der Waals surface area contributed by atoms with E-state index in [0.717, 1.165) is 52.9 Å². The summed E-state index contributed by atoms with van der Waals surface area (Å²) < 4.78 is 27.1. The number of ketones is 1. The summed E-state index contributed by atoms with van der Waals surface area (Å²) in [5.74, 6) is 0.467. The fourth-order valence-corrected chi connectivity index (χ4v) is 12.7. The van der Waals surface area contributed by atoms with Crippen LogP contribution in [-0.4, -0.2) is 68.4 Å². The maximum absolute atomic E-state index is 15.1. The van der Waals surface area contributed by atoms with Crippen molar-refractivity contribution in [3.8, 4) is 22.9 Å². The number of pyridine rings is 1. The molecule has 2 aromatic heterocycles. The van der Waals surface area contributed by atoms with Gasteiger partial charge in [-0.05, 0) is 82.1 Å². The molecule has 1 aliphatic carbocycles. The molecule has 3 aliphatic rings. The van der Waals surface area contributed by atoms with Gasteiger partial charge in [-0.25, -0.2) is 9.97 Å². The Kier molecular flexibility index (Phi) is 12.8. The predicted molar refractivity (Wildman–Crippen MR) is 244 cm³/mol. The van der Waals surface area contributed by atoms with Gasteiger partial charge in [-0.2, -0.15) is 0 Å². The first-order valence-electron chi connectivity index (χ1n) is 21.7. The molecule has 4 heterocycles. The van der Waals surface area contributed by atoms with Gasteiger partial charge >= 0.3 is 0 Å². The van der Waals surface area contributed by atoms with Gasteiger partial charge in [-0.1, -0.05) is 85.2 Å². The quantitative estimate of drug-likeness (QED) is 0.0984. The first kappa shape index (κ1) is 42.8. The van der Waals surface area contributed by atoms with Crippen molar-refractivity contribution in [2.24, 2.45) is 11.8 Å². The summed E-state index contributed by atoms with van der Waals surface area (Å²) in [6.45, 7) is 6.41. The van der Waals surface area contributed by atoms with Crippen molar-refractivity contribution < 1.29 is 28.5 Å². The summed E-state index contributed by atoms with van der Waals surface area (Å²) in [5.41, 5.74) is 5.01. The van der Waals surface area contributed by atoms with Crippen molar-refractivity contribution >= 4 is 46.4 Å². The third-order valence-electron chi connectivity index (χ3n) is 12.6. The molecule has 0 spiro atoms. The van der Waals surface area contributed by atoms with Gasteiger partial charge in [0.25, 0.3) is 0 Å². The summed E-state index contributed by atoms with van der Waals surface area (Å²) in [4.78, 5) is 53.6. The molecular formula is C49H57N4O6PS. The number of fused-ring (bicyclic) bond motifs is 3. The van der Waals surface area contributed by atoms with E-state index in [1.54, 1.807) is 12.0 Å². The summed E-state index contributed by atoms with van der Waals surface area (Å²) in [7, 11) is -2.27. The van der Waals surface area contributed by atoms with E-state index in [1.165, 1.54) is 11.3 Å². The third kappa shape index (κ3) is 9.64. The van der Waals surface area contributed by atoms with E-state index in [2.05, 4.69) is 56.4 Å². The molecule has 2 fully saturated rings. The fraction of sp³-hybridized carbons (Fsp3) is 0.429. The Morgan fingerprint density at radius 2 is 1.80 bits per heavy atom. The molecule has 10 nitrogen and oxygen atoms in total. The lowest BCUT2D eigenvalue weighted by molar-refractivity contribution is -0.141. The number of nitrogens with one attached hydrogen (secondary N) is 1. The number of hydrogen-bond donors (Lipinski definition) is 2. The minimum Gasteiger partial charge on any atom is -0.497 e. The summed E-state index contributed by atoms with van der Waals surface area (Å²) in [6, 6.07) is 24.7. The number of carbonyl (C=O) groups excluding carboxylic acids is 2. The summed E-state index contributed by atoms with van der Waals surface area (Å²) >= 11 is 1.51. The zero-order valence-electron chi connectivity index (χ0n) is 35.6. The van der Waals surface area contributed by atoms with Crippen LogP contribution in [0.5, 0.6) is 11.5 Å². The molecule has 3 aromatic carbocycles. The van der Waals surface area contributed by atoms with E-state index in [-0.39, 0.29) is 55.1 Å². The number of anilines is 1. The second-order valence-electron chi connectivity index (χ2n) is 17.6. The van der Waals surface area contributed by atoms with E-state index in [9.17, 15) is 14.3 Å². The van der Waals surface area contributed by atoms with Gasteiger partial charge in [0.2, 0.25) is 13.3 Å². The van der Waals surface area contributed by atoms with Gasteiger partial charge in [0.1, 0.15) is 23.3 Å². The van der Waals surface area contributed by atoms with Gasteiger partial charge in [-0.3, -0.25) is 14.2 Å². The highest BCUT2D eigenvalue weighted by Gasteiger charge is 2.65. The van der Waals surface area contributed by atoms with Crippen molar-refractivity contribution in [3.05, 3.63) is 113 Å². The zero-order chi connectivity index (χ0) is 42.7. The van der Waals surface area contributed by atoms with Crippen molar-refractivity contribution in [2.75, 3.05) is 19.0 Å². The van der Waals surface area contributed by atoms with Crippen molar-refractivity contribution in [1.82, 2.24) is 14.9 Å². The molecular weight excluding hydrogens is 804 g/mol. The minimum absolute atomic E-state index is 0.000672. The summed E-state index contributed by atoms with van der Waals surface area (Å²) in [6.07, 6.45) is 9.29. The number of methoxy groups -OCH3 is 1. The summed E-state index contributed by atoms with van der Waals surface area (Å²) in [5, 5.41) is 5.81. The lowest BCUT2D eigenvalue weighted by atomic mass is 9.91. The lowest BCUT2D eigenvalue weighted by Gasteiger charge is -2.30. The molecule has 1 amide bonds. The molecule has 320 valence electrons. The van der Waals surface area contributed by atoms with Crippen LogP contribution in [0.1, 0.15) is 81.9 Å². The molecule has 2 aliphatic heterocycles. The number of carbonyl (C=O) groups is 2. The average molecular weight is 861 g/mol. The number of aryl methyl sites for hydroxylation is 1. The number of Topliss-reactive ketones (excluding diaryl/α,β-unsaturated/α-hetero) is 1. The van der Waals surface area contributed by atoms with Crippen molar-refractivity contribution in [1.29, 1.82) is 0 Å². The Balaban J connectivity index is 1.15.